The van der Waals surface area contributed by atoms with Crippen molar-refractivity contribution in [1.29, 1.82) is 0 Å². The molecular weight excluding hydrogens is 280 g/mol. The van der Waals surface area contributed by atoms with E-state index >= 15 is 0 Å². The summed E-state index contributed by atoms with van der Waals surface area (Å²) in [7, 11) is 0. The van der Waals surface area contributed by atoms with Gasteiger partial charge in [-0.3, -0.25) is 9.36 Å². The van der Waals surface area contributed by atoms with Gasteiger partial charge in [0, 0.05) is 6.20 Å². The van der Waals surface area contributed by atoms with Gasteiger partial charge in [0.1, 0.15) is 0 Å². The molecule has 0 aliphatic heterocycles. The number of hydrogen-bond donors (Lipinski definition) is 0. The molecule has 3 aromatic rings. The van der Waals surface area contributed by atoms with Gasteiger partial charge in [0.05, 0.1) is 11.3 Å². The van der Waals surface area contributed by atoms with Crippen LogP contribution in [-0.2, 0) is 0 Å². The lowest BCUT2D eigenvalue weighted by Crippen LogP contribution is -2.22. The average molecular weight is 294 g/mol. The summed E-state index contributed by atoms with van der Waals surface area (Å²) in [5.41, 5.74) is 2.27. The second-order valence-corrected chi connectivity index (χ2v) is 5.27. The van der Waals surface area contributed by atoms with Gasteiger partial charge in [0.25, 0.3) is 5.56 Å². The predicted octanol–water partition coefficient (Wildman–Crippen LogP) is 3.62. The Hall–Kier alpha value is -2.33. The van der Waals surface area contributed by atoms with Crippen LogP contribution in [0, 0.1) is 0 Å². The molecule has 3 nitrogen and oxygen atoms in total. The Morgan fingerprint density at radius 1 is 0.952 bits per heavy atom. The molecule has 0 amide bonds. The second-order valence-electron chi connectivity index (χ2n) is 4.50. The van der Waals surface area contributed by atoms with E-state index in [2.05, 4.69) is 4.98 Å². The topological polar surface area (TPSA) is 34.9 Å². The minimum absolute atomic E-state index is 0.0493. The minimum Gasteiger partial charge on any atom is -0.268 e. The zero-order valence-corrected chi connectivity index (χ0v) is 12.4. The third-order valence-electron chi connectivity index (χ3n) is 3.21. The van der Waals surface area contributed by atoms with Crippen molar-refractivity contribution in [1.82, 2.24) is 9.55 Å². The fourth-order valence-electron chi connectivity index (χ4n) is 2.20. The zero-order valence-electron chi connectivity index (χ0n) is 11.6. The third kappa shape index (κ3) is 2.62. The van der Waals surface area contributed by atoms with Gasteiger partial charge in [0.2, 0.25) is 0 Å². The Kier molecular flexibility index (Phi) is 3.88. The molecule has 0 fully saturated rings. The summed E-state index contributed by atoms with van der Waals surface area (Å²) in [5.74, 6) is 0. The molecule has 104 valence electrons. The monoisotopic (exact) mass is 294 g/mol. The van der Waals surface area contributed by atoms with Crippen molar-refractivity contribution in [2.45, 2.75) is 5.16 Å². The smallest absolute Gasteiger partial charge is 0.266 e. The molecule has 1 aromatic heterocycles. The maximum Gasteiger partial charge on any atom is 0.266 e. The molecule has 0 aliphatic rings. The number of thioether (sulfide) groups is 1. The largest absolute Gasteiger partial charge is 0.268 e. The summed E-state index contributed by atoms with van der Waals surface area (Å²) in [4.78, 5) is 17.3. The Morgan fingerprint density at radius 2 is 1.57 bits per heavy atom. The Labute approximate surface area is 127 Å². The van der Waals surface area contributed by atoms with Crippen LogP contribution >= 0.6 is 11.8 Å². The van der Waals surface area contributed by atoms with Crippen LogP contribution in [-0.4, -0.2) is 15.8 Å². The van der Waals surface area contributed by atoms with Crippen LogP contribution < -0.4 is 5.56 Å². The number of benzene rings is 2. The van der Waals surface area contributed by atoms with E-state index in [0.29, 0.717) is 10.7 Å². The molecule has 4 heteroatoms. The van der Waals surface area contributed by atoms with Crippen molar-refractivity contribution in [3.63, 3.8) is 0 Å². The maximum absolute atomic E-state index is 12.9. The first-order valence-corrected chi connectivity index (χ1v) is 7.80. The van der Waals surface area contributed by atoms with Crippen LogP contribution in [0.15, 0.2) is 76.8 Å². The SMILES string of the molecule is CSc1ncc(-c2ccccc2)c(=O)n1-c1ccccc1. The van der Waals surface area contributed by atoms with Crippen molar-refractivity contribution in [2.24, 2.45) is 0 Å². The summed E-state index contributed by atoms with van der Waals surface area (Å²) in [6, 6.07) is 19.2. The molecule has 0 unspecified atom stereocenters. The van der Waals surface area contributed by atoms with Gasteiger partial charge in [-0.1, -0.05) is 60.3 Å². The van der Waals surface area contributed by atoms with E-state index < -0.39 is 0 Å². The molecule has 2 aromatic carbocycles. The summed E-state index contributed by atoms with van der Waals surface area (Å²) < 4.78 is 1.66. The van der Waals surface area contributed by atoms with Crippen LogP contribution in [0.2, 0.25) is 0 Å². The van der Waals surface area contributed by atoms with E-state index in [9.17, 15) is 4.79 Å². The Morgan fingerprint density at radius 3 is 2.19 bits per heavy atom. The summed E-state index contributed by atoms with van der Waals surface area (Å²) in [6.45, 7) is 0. The highest BCUT2D eigenvalue weighted by Gasteiger charge is 2.12. The molecule has 0 spiro atoms. The first-order chi connectivity index (χ1) is 10.3. The Balaban J connectivity index is 2.26. The van der Waals surface area contributed by atoms with Crippen molar-refractivity contribution in [2.75, 3.05) is 6.26 Å². The zero-order chi connectivity index (χ0) is 14.7. The van der Waals surface area contributed by atoms with Gasteiger partial charge in [-0.2, -0.15) is 0 Å². The van der Waals surface area contributed by atoms with Gasteiger partial charge in [0.15, 0.2) is 5.16 Å². The summed E-state index contributed by atoms with van der Waals surface area (Å²) >= 11 is 1.46. The van der Waals surface area contributed by atoms with Gasteiger partial charge < -0.3 is 0 Å². The first kappa shape index (κ1) is 13.6. The number of rotatable bonds is 3. The fourth-order valence-corrected chi connectivity index (χ4v) is 2.73. The van der Waals surface area contributed by atoms with Crippen molar-refractivity contribution < 1.29 is 0 Å². The average Bonchev–Trinajstić information content (AvgIpc) is 2.56. The van der Waals surface area contributed by atoms with Crippen LogP contribution in [0.3, 0.4) is 0 Å². The molecule has 0 bridgehead atoms. The van der Waals surface area contributed by atoms with Crippen molar-refractivity contribution >= 4 is 11.8 Å². The molecular formula is C17H14N2OS. The fraction of sp³-hybridized carbons (Fsp3) is 0.0588. The Bertz CT molecular complexity index is 798. The number of para-hydroxylation sites is 1. The number of aromatic nitrogens is 2. The van der Waals surface area contributed by atoms with Crippen LogP contribution in [0.4, 0.5) is 0 Å². The molecule has 21 heavy (non-hydrogen) atoms. The molecule has 3 rings (SSSR count). The maximum atomic E-state index is 12.9. The van der Waals surface area contributed by atoms with Gasteiger partial charge in [-0.15, -0.1) is 0 Å². The summed E-state index contributed by atoms with van der Waals surface area (Å²) in [5, 5.41) is 0.686. The third-order valence-corrected chi connectivity index (χ3v) is 3.86. The van der Waals surface area contributed by atoms with E-state index in [4.69, 9.17) is 0 Å². The second kappa shape index (κ2) is 5.97. The quantitative estimate of drug-likeness (QED) is 0.546. The van der Waals surface area contributed by atoms with Gasteiger partial charge in [-0.05, 0) is 24.0 Å². The van der Waals surface area contributed by atoms with Gasteiger partial charge in [-0.25, -0.2) is 4.98 Å². The first-order valence-electron chi connectivity index (χ1n) is 6.58. The van der Waals surface area contributed by atoms with Crippen LogP contribution in [0.1, 0.15) is 0 Å². The number of nitrogens with zero attached hydrogens (tertiary/aromatic N) is 2. The van der Waals surface area contributed by atoms with E-state index in [-0.39, 0.29) is 5.56 Å². The molecule has 0 N–H and O–H groups in total. The van der Waals surface area contributed by atoms with Crippen molar-refractivity contribution in [3.05, 3.63) is 77.2 Å². The predicted molar refractivity (Wildman–Crippen MR) is 87.1 cm³/mol. The number of hydrogen-bond acceptors (Lipinski definition) is 3. The molecule has 0 aliphatic carbocycles. The normalized spacial score (nSPS) is 10.5. The lowest BCUT2D eigenvalue weighted by molar-refractivity contribution is 0.801. The molecule has 0 saturated heterocycles. The summed E-state index contributed by atoms with van der Waals surface area (Å²) in [6.07, 6.45) is 3.58. The lowest BCUT2D eigenvalue weighted by atomic mass is 10.1. The van der Waals surface area contributed by atoms with E-state index in [1.807, 2.05) is 66.9 Å². The van der Waals surface area contributed by atoms with E-state index in [1.54, 1.807) is 10.8 Å². The van der Waals surface area contributed by atoms with Crippen molar-refractivity contribution in [3.8, 4) is 16.8 Å². The molecule has 0 saturated carbocycles. The minimum atomic E-state index is -0.0493. The van der Waals surface area contributed by atoms with Crippen LogP contribution in [0.25, 0.3) is 16.8 Å². The van der Waals surface area contributed by atoms with Gasteiger partial charge >= 0.3 is 0 Å². The lowest BCUT2D eigenvalue weighted by Gasteiger charge is -2.12. The van der Waals surface area contributed by atoms with E-state index in [0.717, 1.165) is 11.3 Å². The highest BCUT2D eigenvalue weighted by atomic mass is 32.2. The highest BCUT2D eigenvalue weighted by molar-refractivity contribution is 7.98. The molecule has 1 heterocycles. The standard InChI is InChI=1S/C17H14N2OS/c1-21-17-18-12-15(13-8-4-2-5-9-13)16(20)19(17)14-10-6-3-7-11-14/h2-12H,1H3. The van der Waals surface area contributed by atoms with E-state index in [1.165, 1.54) is 11.8 Å². The molecule has 0 atom stereocenters. The van der Waals surface area contributed by atoms with Crippen LogP contribution in [0.5, 0.6) is 0 Å². The molecule has 0 radical (unpaired) electrons. The highest BCUT2D eigenvalue weighted by Crippen LogP contribution is 2.19.